The topological polar surface area (TPSA) is 96.5 Å². The van der Waals surface area contributed by atoms with E-state index in [9.17, 15) is 17.6 Å². The summed E-state index contributed by atoms with van der Waals surface area (Å²) in [5.74, 6) is -1.07. The van der Waals surface area contributed by atoms with Gasteiger partial charge in [-0.05, 0) is 50.0 Å². The van der Waals surface area contributed by atoms with Crippen molar-refractivity contribution in [3.63, 3.8) is 0 Å². The lowest BCUT2D eigenvalue weighted by Crippen LogP contribution is -2.47. The van der Waals surface area contributed by atoms with Gasteiger partial charge in [-0.25, -0.2) is 17.5 Å². The van der Waals surface area contributed by atoms with E-state index in [1.165, 1.54) is 6.07 Å². The van der Waals surface area contributed by atoms with Crippen molar-refractivity contribution < 1.29 is 22.3 Å². The van der Waals surface area contributed by atoms with Crippen molar-refractivity contribution in [2.45, 2.75) is 30.6 Å². The summed E-state index contributed by atoms with van der Waals surface area (Å²) >= 11 is 0. The molecule has 7 nitrogen and oxygen atoms in total. The molecule has 0 unspecified atom stereocenters. The molecule has 1 saturated heterocycles. The second kappa shape index (κ2) is 7.59. The van der Waals surface area contributed by atoms with Crippen LogP contribution < -0.4 is 15.4 Å². The molecule has 0 spiro atoms. The predicted molar refractivity (Wildman–Crippen MR) is 95.0 cm³/mol. The number of carbonyl (C=O) groups excluding carboxylic acids is 1. The van der Waals surface area contributed by atoms with Gasteiger partial charge in [-0.15, -0.1) is 0 Å². The van der Waals surface area contributed by atoms with Crippen molar-refractivity contribution in [3.8, 4) is 0 Å². The fraction of sp³-hybridized carbons (Fsp3) is 0.588. The van der Waals surface area contributed by atoms with Crippen LogP contribution in [0, 0.1) is 11.2 Å². The number of anilines is 1. The van der Waals surface area contributed by atoms with Crippen LogP contribution in [-0.2, 0) is 26.0 Å². The monoisotopic (exact) mass is 385 g/mol. The van der Waals surface area contributed by atoms with Crippen molar-refractivity contribution in [1.29, 1.82) is 0 Å². The van der Waals surface area contributed by atoms with E-state index in [1.807, 2.05) is 0 Å². The summed E-state index contributed by atoms with van der Waals surface area (Å²) in [7, 11) is -2.41. The molecule has 0 atom stereocenters. The number of hydrogen-bond acceptors (Lipinski definition) is 5. The van der Waals surface area contributed by atoms with Crippen LogP contribution in [0.4, 0.5) is 10.1 Å². The number of carbonyl (C=O) groups is 1. The minimum Gasteiger partial charge on any atom is -0.384 e. The van der Waals surface area contributed by atoms with Crippen molar-refractivity contribution in [2.24, 2.45) is 5.41 Å². The van der Waals surface area contributed by atoms with Gasteiger partial charge in [-0.2, -0.15) is 0 Å². The van der Waals surface area contributed by atoms with Gasteiger partial charge in [0.05, 0.1) is 6.61 Å². The zero-order valence-electron chi connectivity index (χ0n) is 14.7. The molecule has 3 rings (SSSR count). The van der Waals surface area contributed by atoms with Crippen molar-refractivity contribution in [2.75, 3.05) is 38.7 Å². The van der Waals surface area contributed by atoms with E-state index in [-0.39, 0.29) is 29.2 Å². The van der Waals surface area contributed by atoms with Gasteiger partial charge in [-0.1, -0.05) is 0 Å². The van der Waals surface area contributed by atoms with Gasteiger partial charge in [0.15, 0.2) is 0 Å². The Balaban J connectivity index is 1.80. The number of ether oxygens (including phenoxy) is 1. The highest BCUT2D eigenvalue weighted by Crippen LogP contribution is 2.31. The van der Waals surface area contributed by atoms with E-state index in [0.717, 1.165) is 32.0 Å². The maximum absolute atomic E-state index is 14.4. The van der Waals surface area contributed by atoms with E-state index in [4.69, 9.17) is 4.74 Å². The number of nitrogens with one attached hydrogen (secondary N) is 3. The third-order valence-corrected chi connectivity index (χ3v) is 6.51. The Kier molecular flexibility index (Phi) is 5.61. The first-order valence-corrected chi connectivity index (χ1v) is 10.2. The summed E-state index contributed by atoms with van der Waals surface area (Å²) in [4.78, 5) is 11.0. The molecule has 1 aromatic rings. The summed E-state index contributed by atoms with van der Waals surface area (Å²) in [5, 5.41) is 5.81. The second-order valence-corrected chi connectivity index (χ2v) is 8.73. The van der Waals surface area contributed by atoms with Crippen LogP contribution in [0.1, 0.15) is 24.8 Å². The first kappa shape index (κ1) is 19.2. The first-order chi connectivity index (χ1) is 12.4. The SMILES string of the molecule is COCC1(CNS(=O)(=O)c2cc3c(cc2F)NC(=O)CC3)CCNCC1. The van der Waals surface area contributed by atoms with Crippen LogP contribution in [-0.4, -0.2) is 47.7 Å². The number of aryl methyl sites for hydroxylation is 1. The smallest absolute Gasteiger partial charge is 0.243 e. The van der Waals surface area contributed by atoms with Crippen LogP contribution in [0.25, 0.3) is 0 Å². The Morgan fingerprint density at radius 1 is 1.27 bits per heavy atom. The molecule has 1 aromatic carbocycles. The van der Waals surface area contributed by atoms with Crippen LogP contribution in [0.15, 0.2) is 17.0 Å². The Morgan fingerprint density at radius 2 is 2.00 bits per heavy atom. The Morgan fingerprint density at radius 3 is 2.69 bits per heavy atom. The molecule has 0 saturated carbocycles. The number of benzene rings is 1. The molecule has 0 aliphatic carbocycles. The molecule has 2 aliphatic rings. The average molecular weight is 385 g/mol. The number of fused-ring (bicyclic) bond motifs is 1. The van der Waals surface area contributed by atoms with E-state index in [2.05, 4.69) is 15.4 Å². The van der Waals surface area contributed by atoms with Crippen LogP contribution in [0.2, 0.25) is 0 Å². The number of amides is 1. The lowest BCUT2D eigenvalue weighted by Gasteiger charge is -2.37. The summed E-state index contributed by atoms with van der Waals surface area (Å²) < 4.78 is 47.7. The normalized spacial score (nSPS) is 19.7. The Labute approximate surface area is 152 Å². The molecule has 2 aliphatic heterocycles. The maximum Gasteiger partial charge on any atom is 0.243 e. The largest absolute Gasteiger partial charge is 0.384 e. The molecule has 0 aromatic heterocycles. The standard InChI is InChI=1S/C17H24FN3O4S/c1-25-11-17(4-6-19-7-5-17)10-20-26(23,24)15-8-12-2-3-16(22)21-14(12)9-13(15)18/h8-9,19-20H,2-7,10-11H2,1H3,(H,21,22). The summed E-state index contributed by atoms with van der Waals surface area (Å²) in [6.07, 6.45) is 2.21. The molecule has 1 fully saturated rings. The van der Waals surface area contributed by atoms with Crippen molar-refractivity contribution in [3.05, 3.63) is 23.5 Å². The molecule has 0 bridgehead atoms. The van der Waals surface area contributed by atoms with Crippen molar-refractivity contribution >= 4 is 21.6 Å². The molecular weight excluding hydrogens is 361 g/mol. The zero-order chi connectivity index (χ0) is 18.8. The first-order valence-electron chi connectivity index (χ1n) is 8.67. The molecule has 2 heterocycles. The van der Waals surface area contributed by atoms with Gasteiger partial charge < -0.3 is 15.4 Å². The number of halogens is 1. The van der Waals surface area contributed by atoms with E-state index >= 15 is 0 Å². The Hall–Kier alpha value is -1.55. The lowest BCUT2D eigenvalue weighted by molar-refractivity contribution is -0.116. The van der Waals surface area contributed by atoms with Gasteiger partial charge in [0.2, 0.25) is 15.9 Å². The quantitative estimate of drug-likeness (QED) is 0.679. The maximum atomic E-state index is 14.4. The minimum absolute atomic E-state index is 0.193. The molecule has 1 amide bonds. The molecule has 26 heavy (non-hydrogen) atoms. The van der Waals surface area contributed by atoms with E-state index in [0.29, 0.717) is 24.3 Å². The molecule has 0 radical (unpaired) electrons. The van der Waals surface area contributed by atoms with Crippen LogP contribution in [0.3, 0.4) is 0 Å². The summed E-state index contributed by atoms with van der Waals surface area (Å²) in [5.41, 5.74) is 0.665. The Bertz CT molecular complexity index is 786. The molecule has 144 valence electrons. The predicted octanol–water partition coefficient (Wildman–Crippen LogP) is 1.00. The van der Waals surface area contributed by atoms with Gasteiger partial charge in [0, 0.05) is 31.2 Å². The lowest BCUT2D eigenvalue weighted by atomic mass is 9.80. The number of hydrogen-bond donors (Lipinski definition) is 3. The van der Waals surface area contributed by atoms with Gasteiger partial charge in [-0.3, -0.25) is 4.79 Å². The summed E-state index contributed by atoms with van der Waals surface area (Å²) in [6.45, 7) is 2.21. The van der Waals surface area contributed by atoms with Crippen molar-refractivity contribution in [1.82, 2.24) is 10.0 Å². The van der Waals surface area contributed by atoms with Gasteiger partial charge in [0.1, 0.15) is 10.7 Å². The molecule has 3 N–H and O–H groups in total. The zero-order valence-corrected chi connectivity index (χ0v) is 15.5. The third kappa shape index (κ3) is 4.06. The average Bonchev–Trinajstić information content (AvgIpc) is 2.60. The van der Waals surface area contributed by atoms with Gasteiger partial charge in [0.25, 0.3) is 0 Å². The number of sulfonamides is 1. The number of piperidine rings is 1. The van der Waals surface area contributed by atoms with E-state index < -0.39 is 15.8 Å². The fourth-order valence-electron chi connectivity index (χ4n) is 3.55. The van der Waals surface area contributed by atoms with Crippen LogP contribution >= 0.6 is 0 Å². The minimum atomic E-state index is -4.01. The molecular formula is C17H24FN3O4S. The molecule has 9 heteroatoms. The van der Waals surface area contributed by atoms with E-state index in [1.54, 1.807) is 7.11 Å². The summed E-state index contributed by atoms with van der Waals surface area (Å²) in [6, 6.07) is 2.40. The fourth-order valence-corrected chi connectivity index (χ4v) is 4.81. The second-order valence-electron chi connectivity index (χ2n) is 7.00. The van der Waals surface area contributed by atoms with Crippen LogP contribution in [0.5, 0.6) is 0 Å². The third-order valence-electron chi connectivity index (χ3n) is 5.09. The van der Waals surface area contributed by atoms with Gasteiger partial charge >= 0.3 is 0 Å². The number of rotatable bonds is 6. The highest BCUT2D eigenvalue weighted by molar-refractivity contribution is 7.89. The number of methoxy groups -OCH3 is 1. The highest BCUT2D eigenvalue weighted by atomic mass is 32.2. The highest BCUT2D eigenvalue weighted by Gasteiger charge is 2.34.